The van der Waals surface area contributed by atoms with Gasteiger partial charge in [0.15, 0.2) is 11.5 Å². The second-order valence-corrected chi connectivity index (χ2v) is 8.92. The monoisotopic (exact) mass is 382 g/mol. The molecule has 0 unspecified atom stereocenters. The molecule has 26 heavy (non-hydrogen) atoms. The van der Waals surface area contributed by atoms with E-state index >= 15 is 0 Å². The maximum Gasteiger partial charge on any atom is 0.241 e. The molecular weight excluding hydrogens is 356 g/mol. The van der Waals surface area contributed by atoms with Crippen molar-refractivity contribution >= 4 is 15.9 Å². The zero-order valence-corrected chi connectivity index (χ0v) is 16.0. The maximum absolute atomic E-state index is 12.9. The number of sulfonamides is 1. The number of fused-ring (bicyclic) bond motifs is 1. The number of likely N-dealkylation sites (tertiary alicyclic amines) is 1. The van der Waals surface area contributed by atoms with Gasteiger partial charge in [-0.15, -0.1) is 0 Å². The van der Waals surface area contributed by atoms with Crippen LogP contribution >= 0.6 is 0 Å². The van der Waals surface area contributed by atoms with Crippen molar-refractivity contribution in [3.05, 3.63) is 18.2 Å². The fourth-order valence-corrected chi connectivity index (χ4v) is 4.52. The van der Waals surface area contributed by atoms with E-state index in [0.717, 1.165) is 19.3 Å². The second kappa shape index (κ2) is 7.84. The first-order valence-electron chi connectivity index (χ1n) is 9.07. The molecule has 0 radical (unpaired) electrons. The molecule has 0 saturated carbocycles. The fourth-order valence-electron chi connectivity index (χ4n) is 3.30. The molecule has 7 nitrogen and oxygen atoms in total. The normalized spacial score (nSPS) is 18.2. The molecule has 0 aliphatic carbocycles. The van der Waals surface area contributed by atoms with Crippen LogP contribution in [0.25, 0.3) is 0 Å². The lowest BCUT2D eigenvalue weighted by Gasteiger charge is -2.31. The molecule has 1 amide bonds. The topological polar surface area (TPSA) is 84.9 Å². The largest absolute Gasteiger partial charge is 0.454 e. The number of piperidine rings is 1. The smallest absolute Gasteiger partial charge is 0.241 e. The van der Waals surface area contributed by atoms with Gasteiger partial charge in [0.1, 0.15) is 6.04 Å². The van der Waals surface area contributed by atoms with Gasteiger partial charge in [-0.05, 0) is 43.7 Å². The van der Waals surface area contributed by atoms with E-state index in [1.54, 1.807) is 11.0 Å². The van der Waals surface area contributed by atoms with E-state index < -0.39 is 16.1 Å². The lowest BCUT2D eigenvalue weighted by molar-refractivity contribution is -0.134. The number of carbonyl (C=O) groups is 1. The van der Waals surface area contributed by atoms with Crippen LogP contribution in [0.5, 0.6) is 11.5 Å². The third-order valence-corrected chi connectivity index (χ3v) is 6.09. The minimum atomic E-state index is -3.84. The number of nitrogens with zero attached hydrogens (tertiary/aromatic N) is 1. The van der Waals surface area contributed by atoms with Crippen molar-refractivity contribution in [1.82, 2.24) is 9.62 Å². The van der Waals surface area contributed by atoms with Crippen molar-refractivity contribution in [2.75, 3.05) is 19.9 Å². The predicted octanol–water partition coefficient (Wildman–Crippen LogP) is 2.12. The van der Waals surface area contributed by atoms with Gasteiger partial charge < -0.3 is 14.4 Å². The van der Waals surface area contributed by atoms with Gasteiger partial charge >= 0.3 is 0 Å². The number of nitrogens with one attached hydrogen (secondary N) is 1. The molecule has 1 N–H and O–H groups in total. The van der Waals surface area contributed by atoms with Crippen LogP contribution in [0.3, 0.4) is 0 Å². The summed E-state index contributed by atoms with van der Waals surface area (Å²) in [7, 11) is -3.84. The molecule has 1 fully saturated rings. The van der Waals surface area contributed by atoms with Gasteiger partial charge in [-0.3, -0.25) is 4.79 Å². The van der Waals surface area contributed by atoms with Gasteiger partial charge in [0.05, 0.1) is 4.90 Å². The molecule has 0 bridgehead atoms. The molecule has 3 rings (SSSR count). The van der Waals surface area contributed by atoms with Gasteiger partial charge in [0.25, 0.3) is 0 Å². The summed E-state index contributed by atoms with van der Waals surface area (Å²) in [6.07, 6.45) is 3.50. The summed E-state index contributed by atoms with van der Waals surface area (Å²) in [5, 5.41) is 0. The number of amides is 1. The molecule has 1 aromatic carbocycles. The van der Waals surface area contributed by atoms with E-state index in [-0.39, 0.29) is 23.5 Å². The number of ether oxygens (including phenoxy) is 2. The van der Waals surface area contributed by atoms with Crippen molar-refractivity contribution < 1.29 is 22.7 Å². The van der Waals surface area contributed by atoms with E-state index in [2.05, 4.69) is 4.72 Å². The van der Waals surface area contributed by atoms with Gasteiger partial charge in [-0.2, -0.15) is 4.72 Å². The maximum atomic E-state index is 12.9. The van der Waals surface area contributed by atoms with Crippen LogP contribution in [0.1, 0.15) is 39.5 Å². The van der Waals surface area contributed by atoms with Crippen LogP contribution in [0.4, 0.5) is 0 Å². The highest BCUT2D eigenvalue weighted by Crippen LogP contribution is 2.34. The minimum Gasteiger partial charge on any atom is -0.454 e. The predicted molar refractivity (Wildman–Crippen MR) is 96.6 cm³/mol. The first-order chi connectivity index (χ1) is 12.4. The van der Waals surface area contributed by atoms with Crippen molar-refractivity contribution in [2.45, 2.75) is 50.5 Å². The zero-order chi connectivity index (χ0) is 18.7. The van der Waals surface area contributed by atoms with E-state index in [9.17, 15) is 13.2 Å². The summed E-state index contributed by atoms with van der Waals surface area (Å²) >= 11 is 0. The Kier molecular flexibility index (Phi) is 5.72. The lowest BCUT2D eigenvalue weighted by Crippen LogP contribution is -2.50. The summed E-state index contributed by atoms with van der Waals surface area (Å²) in [5.41, 5.74) is 0. The van der Waals surface area contributed by atoms with Crippen LogP contribution in [-0.4, -0.2) is 45.1 Å². The Balaban J connectivity index is 1.79. The van der Waals surface area contributed by atoms with Gasteiger partial charge in [-0.1, -0.05) is 13.8 Å². The number of carbonyl (C=O) groups excluding carboxylic acids is 1. The van der Waals surface area contributed by atoms with Crippen LogP contribution in [0.15, 0.2) is 23.1 Å². The molecule has 0 aromatic heterocycles. The summed E-state index contributed by atoms with van der Waals surface area (Å²) in [6, 6.07) is 3.71. The summed E-state index contributed by atoms with van der Waals surface area (Å²) in [5.74, 6) is 0.971. The van der Waals surface area contributed by atoms with E-state index in [0.29, 0.717) is 31.0 Å². The third kappa shape index (κ3) is 4.29. The lowest BCUT2D eigenvalue weighted by atomic mass is 10.0. The Bertz CT molecular complexity index is 757. The minimum absolute atomic E-state index is 0.0713. The number of rotatable bonds is 6. The highest BCUT2D eigenvalue weighted by Gasteiger charge is 2.31. The zero-order valence-electron chi connectivity index (χ0n) is 15.2. The van der Waals surface area contributed by atoms with Crippen LogP contribution in [0.2, 0.25) is 0 Å². The summed E-state index contributed by atoms with van der Waals surface area (Å²) in [4.78, 5) is 14.7. The third-order valence-electron chi connectivity index (χ3n) is 4.62. The summed E-state index contributed by atoms with van der Waals surface area (Å²) in [6.45, 7) is 5.42. The molecule has 2 heterocycles. The van der Waals surface area contributed by atoms with Crippen molar-refractivity contribution in [3.8, 4) is 11.5 Å². The second-order valence-electron chi connectivity index (χ2n) is 7.20. The first kappa shape index (κ1) is 19.0. The molecule has 2 aliphatic rings. The Morgan fingerprint density at radius 1 is 1.15 bits per heavy atom. The number of hydrogen-bond donors (Lipinski definition) is 1. The summed E-state index contributed by atoms with van der Waals surface area (Å²) < 4.78 is 38.8. The number of benzene rings is 1. The molecule has 1 saturated heterocycles. The van der Waals surface area contributed by atoms with Gasteiger partial charge in [0.2, 0.25) is 22.7 Å². The molecule has 1 atom stereocenters. The fraction of sp³-hybridized carbons (Fsp3) is 0.611. The Morgan fingerprint density at radius 2 is 1.85 bits per heavy atom. The molecule has 2 aliphatic heterocycles. The average molecular weight is 382 g/mol. The molecule has 144 valence electrons. The highest BCUT2D eigenvalue weighted by molar-refractivity contribution is 7.89. The first-order valence-corrected chi connectivity index (χ1v) is 10.6. The SMILES string of the molecule is CC(C)C[C@@H](NS(=O)(=O)c1ccc2c(c1)OCO2)C(=O)N1CCCCC1. The van der Waals surface area contributed by atoms with Crippen LogP contribution in [-0.2, 0) is 14.8 Å². The molecule has 0 spiro atoms. The highest BCUT2D eigenvalue weighted by atomic mass is 32.2. The molecule has 8 heteroatoms. The Labute approximate surface area is 154 Å². The van der Waals surface area contributed by atoms with Crippen LogP contribution < -0.4 is 14.2 Å². The van der Waals surface area contributed by atoms with Crippen molar-refractivity contribution in [3.63, 3.8) is 0 Å². The standard InChI is InChI=1S/C18H26N2O5S/c1-13(2)10-15(18(21)20-8-4-3-5-9-20)19-26(22,23)14-6-7-16-17(11-14)25-12-24-16/h6-7,11,13,15,19H,3-5,8-10,12H2,1-2H3/t15-/m1/s1. The quantitative estimate of drug-likeness (QED) is 0.815. The van der Waals surface area contributed by atoms with Crippen molar-refractivity contribution in [2.24, 2.45) is 5.92 Å². The van der Waals surface area contributed by atoms with E-state index in [4.69, 9.17) is 9.47 Å². The van der Waals surface area contributed by atoms with Gasteiger partial charge in [0, 0.05) is 19.2 Å². The Hall–Kier alpha value is -1.80. The van der Waals surface area contributed by atoms with Crippen LogP contribution in [0, 0.1) is 5.92 Å². The Morgan fingerprint density at radius 3 is 2.54 bits per heavy atom. The van der Waals surface area contributed by atoms with E-state index in [1.165, 1.54) is 12.1 Å². The van der Waals surface area contributed by atoms with E-state index in [1.807, 2.05) is 13.8 Å². The van der Waals surface area contributed by atoms with Gasteiger partial charge in [-0.25, -0.2) is 8.42 Å². The number of hydrogen-bond acceptors (Lipinski definition) is 5. The molecular formula is C18H26N2O5S. The molecule has 1 aromatic rings. The van der Waals surface area contributed by atoms with Crippen molar-refractivity contribution in [1.29, 1.82) is 0 Å². The average Bonchev–Trinajstić information content (AvgIpc) is 3.08.